The molecule has 0 rings (SSSR count). The maximum atomic E-state index is 3.82. The number of hydrogen-bond acceptors (Lipinski definition) is 1. The van der Waals surface area contributed by atoms with Crippen molar-refractivity contribution in [1.82, 2.24) is 4.90 Å². The number of hydrogen-bond donors (Lipinski definition) is 0. The molecule has 0 fully saturated rings. The van der Waals surface area contributed by atoms with Crippen molar-refractivity contribution >= 4 is 0 Å². The van der Waals surface area contributed by atoms with Gasteiger partial charge in [0.2, 0.25) is 0 Å². The van der Waals surface area contributed by atoms with Crippen LogP contribution in [0.2, 0.25) is 0 Å². The summed E-state index contributed by atoms with van der Waals surface area (Å²) in [6, 6.07) is 0. The van der Waals surface area contributed by atoms with Crippen LogP contribution in [0.1, 0.15) is 0 Å². The standard InChI is InChI=1S/C10H15N/c1-6-9(2)7-8-10(3)11(4)5/h6-8H,1-3H2,4-5H3/b8-7-. The minimum atomic E-state index is 0.896. The molecule has 0 saturated heterocycles. The van der Waals surface area contributed by atoms with Crippen LogP contribution in [0.4, 0.5) is 0 Å². The molecule has 0 aliphatic rings. The largest absolute Gasteiger partial charge is 0.378 e. The van der Waals surface area contributed by atoms with E-state index in [0.29, 0.717) is 0 Å². The second-order valence-corrected chi connectivity index (χ2v) is 2.50. The summed E-state index contributed by atoms with van der Waals surface area (Å²) in [6.07, 6.45) is 5.50. The first-order chi connectivity index (χ1) is 5.07. The monoisotopic (exact) mass is 149 g/mol. The van der Waals surface area contributed by atoms with E-state index in [0.717, 1.165) is 11.3 Å². The molecule has 0 aromatic heterocycles. The quantitative estimate of drug-likeness (QED) is 0.555. The minimum Gasteiger partial charge on any atom is -0.378 e. The van der Waals surface area contributed by atoms with Gasteiger partial charge in [0.25, 0.3) is 0 Å². The third kappa shape index (κ3) is 4.20. The van der Waals surface area contributed by atoms with Crippen molar-refractivity contribution in [1.29, 1.82) is 0 Å². The fraction of sp³-hybridized carbons (Fsp3) is 0.200. The Morgan fingerprint density at radius 1 is 1.18 bits per heavy atom. The van der Waals surface area contributed by atoms with Crippen LogP contribution in [0.15, 0.2) is 49.2 Å². The molecule has 0 N–H and O–H groups in total. The zero-order valence-corrected chi connectivity index (χ0v) is 7.30. The molecule has 60 valence electrons. The summed E-state index contributed by atoms with van der Waals surface area (Å²) < 4.78 is 0. The van der Waals surface area contributed by atoms with Crippen LogP contribution in [0.5, 0.6) is 0 Å². The Balaban J connectivity index is 4.03. The first-order valence-corrected chi connectivity index (χ1v) is 3.43. The maximum absolute atomic E-state index is 3.82. The van der Waals surface area contributed by atoms with Crippen LogP contribution in [0.3, 0.4) is 0 Å². The third-order valence-electron chi connectivity index (χ3n) is 1.33. The fourth-order valence-electron chi connectivity index (χ4n) is 0.420. The summed E-state index contributed by atoms with van der Waals surface area (Å²) in [5, 5.41) is 0. The van der Waals surface area contributed by atoms with Crippen molar-refractivity contribution in [3.63, 3.8) is 0 Å². The van der Waals surface area contributed by atoms with Crippen LogP contribution in [-0.4, -0.2) is 19.0 Å². The highest BCUT2D eigenvalue weighted by molar-refractivity contribution is 5.29. The lowest BCUT2D eigenvalue weighted by molar-refractivity contribution is 0.532. The fourth-order valence-corrected chi connectivity index (χ4v) is 0.420. The maximum Gasteiger partial charge on any atom is 0.0288 e. The normalized spacial score (nSPS) is 9.64. The average Bonchev–Trinajstić information content (AvgIpc) is 1.99. The van der Waals surface area contributed by atoms with Gasteiger partial charge in [-0.05, 0) is 11.6 Å². The number of likely N-dealkylation sites (N-methyl/N-ethyl adjacent to an activating group) is 1. The molecule has 0 saturated carbocycles. The van der Waals surface area contributed by atoms with Crippen LogP contribution in [0, 0.1) is 0 Å². The summed E-state index contributed by atoms with van der Waals surface area (Å²) >= 11 is 0. The molecule has 1 heteroatoms. The molecule has 0 aliphatic carbocycles. The predicted molar refractivity (Wildman–Crippen MR) is 51.3 cm³/mol. The molecule has 0 aromatic carbocycles. The molecule has 11 heavy (non-hydrogen) atoms. The first-order valence-electron chi connectivity index (χ1n) is 3.43. The first kappa shape index (κ1) is 9.76. The summed E-state index contributed by atoms with van der Waals surface area (Å²) in [5.41, 5.74) is 1.85. The second kappa shape index (κ2) is 4.56. The Hall–Kier alpha value is -1.24. The van der Waals surface area contributed by atoms with Crippen molar-refractivity contribution in [3.8, 4) is 0 Å². The lowest BCUT2D eigenvalue weighted by Crippen LogP contribution is -2.07. The van der Waals surface area contributed by atoms with Gasteiger partial charge in [-0.1, -0.05) is 31.9 Å². The zero-order chi connectivity index (χ0) is 8.85. The lowest BCUT2D eigenvalue weighted by atomic mass is 10.2. The molecular formula is C10H15N. The van der Waals surface area contributed by atoms with E-state index in [-0.39, 0.29) is 0 Å². The molecular weight excluding hydrogens is 134 g/mol. The van der Waals surface area contributed by atoms with Crippen molar-refractivity contribution in [3.05, 3.63) is 49.2 Å². The molecule has 0 unspecified atom stereocenters. The van der Waals surface area contributed by atoms with Gasteiger partial charge in [0, 0.05) is 19.8 Å². The van der Waals surface area contributed by atoms with Gasteiger partial charge in [-0.3, -0.25) is 0 Å². The minimum absolute atomic E-state index is 0.896. The lowest BCUT2D eigenvalue weighted by Gasteiger charge is -2.10. The Bertz CT molecular complexity index is 197. The van der Waals surface area contributed by atoms with E-state index < -0.39 is 0 Å². The summed E-state index contributed by atoms with van der Waals surface area (Å²) in [6.45, 7) is 11.2. The molecule has 0 radical (unpaired) electrons. The molecule has 0 aromatic rings. The smallest absolute Gasteiger partial charge is 0.0288 e. The van der Waals surface area contributed by atoms with Crippen LogP contribution >= 0.6 is 0 Å². The Morgan fingerprint density at radius 2 is 1.73 bits per heavy atom. The zero-order valence-electron chi connectivity index (χ0n) is 7.30. The van der Waals surface area contributed by atoms with Crippen molar-refractivity contribution in [2.45, 2.75) is 0 Å². The second-order valence-electron chi connectivity index (χ2n) is 2.50. The highest BCUT2D eigenvalue weighted by Crippen LogP contribution is 2.00. The average molecular weight is 149 g/mol. The molecule has 0 amide bonds. The van der Waals surface area contributed by atoms with Crippen LogP contribution in [0.25, 0.3) is 0 Å². The Morgan fingerprint density at radius 3 is 2.09 bits per heavy atom. The van der Waals surface area contributed by atoms with Gasteiger partial charge in [-0.2, -0.15) is 0 Å². The van der Waals surface area contributed by atoms with Gasteiger partial charge in [0.15, 0.2) is 0 Å². The molecule has 0 bridgehead atoms. The summed E-state index contributed by atoms with van der Waals surface area (Å²) in [4.78, 5) is 1.94. The van der Waals surface area contributed by atoms with E-state index in [1.807, 2.05) is 31.1 Å². The Labute approximate surface area is 69.0 Å². The van der Waals surface area contributed by atoms with Gasteiger partial charge in [-0.15, -0.1) is 0 Å². The van der Waals surface area contributed by atoms with E-state index in [1.165, 1.54) is 0 Å². The number of nitrogens with zero attached hydrogens (tertiary/aromatic N) is 1. The van der Waals surface area contributed by atoms with E-state index in [1.54, 1.807) is 6.08 Å². The third-order valence-corrected chi connectivity index (χ3v) is 1.33. The van der Waals surface area contributed by atoms with Gasteiger partial charge >= 0.3 is 0 Å². The van der Waals surface area contributed by atoms with Gasteiger partial charge < -0.3 is 4.90 Å². The highest BCUT2D eigenvalue weighted by atomic mass is 15.1. The predicted octanol–water partition coefficient (Wildman–Crippen LogP) is 2.36. The van der Waals surface area contributed by atoms with Crippen LogP contribution < -0.4 is 0 Å². The highest BCUT2D eigenvalue weighted by Gasteiger charge is 1.87. The van der Waals surface area contributed by atoms with Crippen LogP contribution in [-0.2, 0) is 0 Å². The summed E-state index contributed by atoms with van der Waals surface area (Å²) in [5.74, 6) is 0. The van der Waals surface area contributed by atoms with Crippen molar-refractivity contribution in [2.24, 2.45) is 0 Å². The van der Waals surface area contributed by atoms with Gasteiger partial charge in [0.1, 0.15) is 0 Å². The SMILES string of the molecule is C=CC(=C)/C=C\C(=C)N(C)C. The van der Waals surface area contributed by atoms with E-state index in [2.05, 4.69) is 19.7 Å². The molecule has 0 spiro atoms. The van der Waals surface area contributed by atoms with Crippen molar-refractivity contribution < 1.29 is 0 Å². The molecule has 0 heterocycles. The van der Waals surface area contributed by atoms with E-state index in [9.17, 15) is 0 Å². The van der Waals surface area contributed by atoms with Crippen molar-refractivity contribution in [2.75, 3.05) is 14.1 Å². The number of rotatable bonds is 4. The summed E-state index contributed by atoms with van der Waals surface area (Å²) in [7, 11) is 3.90. The van der Waals surface area contributed by atoms with Gasteiger partial charge in [-0.25, -0.2) is 0 Å². The number of allylic oxidation sites excluding steroid dienone is 4. The Kier molecular flexibility index (Phi) is 4.04. The van der Waals surface area contributed by atoms with E-state index >= 15 is 0 Å². The molecule has 1 nitrogen and oxygen atoms in total. The van der Waals surface area contributed by atoms with E-state index in [4.69, 9.17) is 0 Å². The molecule has 0 atom stereocenters. The van der Waals surface area contributed by atoms with Gasteiger partial charge in [0.05, 0.1) is 0 Å². The topological polar surface area (TPSA) is 3.24 Å². The molecule has 0 aliphatic heterocycles.